The molecule has 0 unspecified atom stereocenters. The normalized spacial score (nSPS) is 21.6. The Bertz CT molecular complexity index is 312. The van der Waals surface area contributed by atoms with Crippen LogP contribution in [0, 0.1) is 5.92 Å². The minimum absolute atomic E-state index is 0.342. The van der Waals surface area contributed by atoms with Gasteiger partial charge in [0.2, 0.25) is 0 Å². The molecule has 2 heteroatoms. The van der Waals surface area contributed by atoms with Crippen molar-refractivity contribution in [2.75, 3.05) is 19.7 Å². The van der Waals surface area contributed by atoms with Crippen molar-refractivity contribution in [3.05, 3.63) is 35.9 Å². The average Bonchev–Trinajstić information content (AvgIpc) is 2.38. The molecule has 1 aliphatic rings. The molecular formula is C15H23NO. The predicted molar refractivity (Wildman–Crippen MR) is 70.8 cm³/mol. The maximum Gasteiger partial charge on any atom is 0.0431 e. The van der Waals surface area contributed by atoms with Gasteiger partial charge in [-0.25, -0.2) is 0 Å². The van der Waals surface area contributed by atoms with Crippen molar-refractivity contribution in [3.8, 4) is 0 Å². The van der Waals surface area contributed by atoms with E-state index in [0.29, 0.717) is 6.61 Å². The van der Waals surface area contributed by atoms with Gasteiger partial charge in [-0.2, -0.15) is 0 Å². The molecule has 0 aromatic heterocycles. The van der Waals surface area contributed by atoms with Crippen molar-refractivity contribution in [2.24, 2.45) is 5.92 Å². The van der Waals surface area contributed by atoms with Crippen molar-refractivity contribution in [1.82, 2.24) is 4.90 Å². The summed E-state index contributed by atoms with van der Waals surface area (Å²) in [5.41, 5.74) is 1.41. The van der Waals surface area contributed by atoms with Crippen LogP contribution in [0.25, 0.3) is 0 Å². The molecule has 1 saturated heterocycles. The third kappa shape index (κ3) is 4.14. The minimum Gasteiger partial charge on any atom is -0.396 e. The molecule has 2 rings (SSSR count). The first-order valence-electron chi connectivity index (χ1n) is 6.75. The zero-order valence-corrected chi connectivity index (χ0v) is 10.5. The summed E-state index contributed by atoms with van der Waals surface area (Å²) in [6, 6.07) is 10.7. The fraction of sp³-hybridized carbons (Fsp3) is 0.600. The quantitative estimate of drug-likeness (QED) is 0.845. The SMILES string of the molecule is OCCC[C@@H]1CCCN(Cc2ccccc2)C1. The van der Waals surface area contributed by atoms with Crippen molar-refractivity contribution < 1.29 is 5.11 Å². The third-order valence-corrected chi connectivity index (χ3v) is 3.62. The third-order valence-electron chi connectivity index (χ3n) is 3.62. The second kappa shape index (κ2) is 6.77. The van der Waals surface area contributed by atoms with E-state index in [4.69, 9.17) is 5.11 Å². The minimum atomic E-state index is 0.342. The molecule has 94 valence electrons. The standard InChI is InChI=1S/C15H23NO/c17-11-5-9-15-8-4-10-16(13-15)12-14-6-2-1-3-7-14/h1-3,6-7,15,17H,4-5,8-13H2/t15-/m0/s1. The summed E-state index contributed by atoms with van der Waals surface area (Å²) in [5, 5.41) is 8.88. The number of aliphatic hydroxyl groups excluding tert-OH is 1. The van der Waals surface area contributed by atoms with E-state index in [1.54, 1.807) is 0 Å². The summed E-state index contributed by atoms with van der Waals surface area (Å²) in [4.78, 5) is 2.56. The zero-order valence-electron chi connectivity index (χ0n) is 10.5. The summed E-state index contributed by atoms with van der Waals surface area (Å²) in [6.07, 6.45) is 4.79. The van der Waals surface area contributed by atoms with E-state index in [9.17, 15) is 0 Å². The van der Waals surface area contributed by atoms with E-state index in [0.717, 1.165) is 18.9 Å². The number of hydrogen-bond acceptors (Lipinski definition) is 2. The van der Waals surface area contributed by atoms with E-state index in [-0.39, 0.29) is 0 Å². The van der Waals surface area contributed by atoms with Gasteiger partial charge in [-0.1, -0.05) is 30.3 Å². The molecule has 0 saturated carbocycles. The molecule has 0 radical (unpaired) electrons. The number of piperidine rings is 1. The van der Waals surface area contributed by atoms with Gasteiger partial charge in [-0.3, -0.25) is 4.90 Å². The summed E-state index contributed by atoms with van der Waals surface area (Å²) in [5.74, 6) is 0.791. The molecule has 1 fully saturated rings. The zero-order chi connectivity index (χ0) is 11.9. The Balaban J connectivity index is 1.81. The lowest BCUT2D eigenvalue weighted by Gasteiger charge is -2.32. The van der Waals surface area contributed by atoms with E-state index in [2.05, 4.69) is 35.2 Å². The van der Waals surface area contributed by atoms with Gasteiger partial charge in [-0.15, -0.1) is 0 Å². The summed E-state index contributed by atoms with van der Waals surface area (Å²) >= 11 is 0. The Morgan fingerprint density at radius 2 is 2.06 bits per heavy atom. The number of benzene rings is 1. The van der Waals surface area contributed by atoms with E-state index in [1.165, 1.54) is 37.9 Å². The smallest absolute Gasteiger partial charge is 0.0431 e. The monoisotopic (exact) mass is 233 g/mol. The first kappa shape index (κ1) is 12.6. The molecule has 17 heavy (non-hydrogen) atoms. The molecule has 1 aromatic rings. The molecule has 0 bridgehead atoms. The molecule has 1 N–H and O–H groups in total. The number of nitrogens with zero attached hydrogens (tertiary/aromatic N) is 1. The Morgan fingerprint density at radius 3 is 2.82 bits per heavy atom. The Hall–Kier alpha value is -0.860. The fourth-order valence-corrected chi connectivity index (χ4v) is 2.75. The number of aliphatic hydroxyl groups is 1. The number of likely N-dealkylation sites (tertiary alicyclic amines) is 1. The molecule has 0 spiro atoms. The summed E-state index contributed by atoms with van der Waals surface area (Å²) in [6.45, 7) is 3.85. The lowest BCUT2D eigenvalue weighted by atomic mass is 9.93. The molecule has 1 aliphatic heterocycles. The van der Waals surface area contributed by atoms with Crippen LogP contribution in [0.2, 0.25) is 0 Å². The average molecular weight is 233 g/mol. The van der Waals surface area contributed by atoms with Gasteiger partial charge in [0.25, 0.3) is 0 Å². The van der Waals surface area contributed by atoms with Crippen LogP contribution < -0.4 is 0 Å². The van der Waals surface area contributed by atoms with Crippen LogP contribution in [0.1, 0.15) is 31.2 Å². The topological polar surface area (TPSA) is 23.5 Å². The molecule has 0 amide bonds. The molecule has 2 nitrogen and oxygen atoms in total. The van der Waals surface area contributed by atoms with Gasteiger partial charge in [0.1, 0.15) is 0 Å². The molecule has 0 aliphatic carbocycles. The van der Waals surface area contributed by atoms with Crippen LogP contribution in [0.15, 0.2) is 30.3 Å². The highest BCUT2D eigenvalue weighted by molar-refractivity contribution is 5.14. The van der Waals surface area contributed by atoms with Crippen LogP contribution in [0.5, 0.6) is 0 Å². The van der Waals surface area contributed by atoms with Gasteiger partial charge in [0.05, 0.1) is 0 Å². The molecule has 1 aromatic carbocycles. The molecule has 1 atom stereocenters. The summed E-state index contributed by atoms with van der Waals surface area (Å²) < 4.78 is 0. The lowest BCUT2D eigenvalue weighted by molar-refractivity contribution is 0.153. The Morgan fingerprint density at radius 1 is 1.24 bits per heavy atom. The fourth-order valence-electron chi connectivity index (χ4n) is 2.75. The largest absolute Gasteiger partial charge is 0.396 e. The van der Waals surface area contributed by atoms with E-state index >= 15 is 0 Å². The molecule has 1 heterocycles. The van der Waals surface area contributed by atoms with Crippen LogP contribution in [0.3, 0.4) is 0 Å². The van der Waals surface area contributed by atoms with Crippen LogP contribution in [-0.2, 0) is 6.54 Å². The van der Waals surface area contributed by atoms with E-state index < -0.39 is 0 Å². The van der Waals surface area contributed by atoms with E-state index in [1.807, 2.05) is 0 Å². The van der Waals surface area contributed by atoms with Gasteiger partial charge in [0, 0.05) is 19.7 Å². The number of rotatable bonds is 5. The maximum atomic E-state index is 8.88. The second-order valence-electron chi connectivity index (χ2n) is 5.09. The van der Waals surface area contributed by atoms with Gasteiger partial charge < -0.3 is 5.11 Å². The van der Waals surface area contributed by atoms with Crippen LogP contribution in [-0.4, -0.2) is 29.7 Å². The highest BCUT2D eigenvalue weighted by Gasteiger charge is 2.19. The van der Waals surface area contributed by atoms with Crippen LogP contribution in [0.4, 0.5) is 0 Å². The Kier molecular flexibility index (Phi) is 5.02. The van der Waals surface area contributed by atoms with Gasteiger partial charge >= 0.3 is 0 Å². The van der Waals surface area contributed by atoms with Crippen molar-refractivity contribution >= 4 is 0 Å². The number of hydrogen-bond donors (Lipinski definition) is 1. The highest BCUT2D eigenvalue weighted by Crippen LogP contribution is 2.22. The second-order valence-corrected chi connectivity index (χ2v) is 5.09. The first-order valence-corrected chi connectivity index (χ1v) is 6.75. The van der Waals surface area contributed by atoms with Gasteiger partial charge in [-0.05, 0) is 43.7 Å². The Labute approximate surface area is 104 Å². The maximum absolute atomic E-state index is 8.88. The van der Waals surface area contributed by atoms with Crippen molar-refractivity contribution in [1.29, 1.82) is 0 Å². The van der Waals surface area contributed by atoms with Gasteiger partial charge in [0.15, 0.2) is 0 Å². The summed E-state index contributed by atoms with van der Waals surface area (Å²) in [7, 11) is 0. The van der Waals surface area contributed by atoms with Crippen molar-refractivity contribution in [2.45, 2.75) is 32.2 Å². The highest BCUT2D eigenvalue weighted by atomic mass is 16.2. The van der Waals surface area contributed by atoms with Crippen LogP contribution >= 0.6 is 0 Å². The first-order chi connectivity index (χ1) is 8.38. The van der Waals surface area contributed by atoms with Crippen molar-refractivity contribution in [3.63, 3.8) is 0 Å². The predicted octanol–water partition coefficient (Wildman–Crippen LogP) is 2.67. The molecular weight excluding hydrogens is 210 g/mol. The lowest BCUT2D eigenvalue weighted by Crippen LogP contribution is -2.34.